The van der Waals surface area contributed by atoms with E-state index in [1.54, 1.807) is 0 Å². The van der Waals surface area contributed by atoms with Crippen LogP contribution in [-0.4, -0.2) is 18.5 Å². The van der Waals surface area contributed by atoms with E-state index in [-0.39, 0.29) is 5.91 Å². The minimum Gasteiger partial charge on any atom is -0.455 e. The molecule has 0 spiro atoms. The number of carbonyl (C=O) groups excluding carboxylic acids is 1. The van der Waals surface area contributed by atoms with Crippen molar-refractivity contribution in [2.24, 2.45) is 0 Å². The van der Waals surface area contributed by atoms with Gasteiger partial charge >= 0.3 is 0 Å². The maximum atomic E-state index is 12.0. The Labute approximate surface area is 143 Å². The highest BCUT2D eigenvalue weighted by molar-refractivity contribution is 5.77. The Morgan fingerprint density at radius 3 is 2.50 bits per heavy atom. The number of amides is 1. The van der Waals surface area contributed by atoms with E-state index in [1.165, 1.54) is 12.8 Å². The Bertz CT molecular complexity index is 652. The Kier molecular flexibility index (Phi) is 5.72. The normalized spacial score (nSPS) is 14.3. The molecule has 0 atom stereocenters. The molecule has 1 fully saturated rings. The zero-order valence-electron chi connectivity index (χ0n) is 13.8. The lowest BCUT2D eigenvalue weighted by atomic mass is 10.2. The molecule has 2 N–H and O–H groups in total. The smallest absolute Gasteiger partial charge is 0.221 e. The summed E-state index contributed by atoms with van der Waals surface area (Å²) in [7, 11) is 0. The number of para-hydroxylation sites is 3. The van der Waals surface area contributed by atoms with E-state index in [0.717, 1.165) is 30.0 Å². The first-order valence-corrected chi connectivity index (χ1v) is 8.66. The van der Waals surface area contributed by atoms with Gasteiger partial charge in [0, 0.05) is 19.0 Å². The second-order valence-corrected chi connectivity index (χ2v) is 6.14. The molecule has 4 nitrogen and oxygen atoms in total. The van der Waals surface area contributed by atoms with Gasteiger partial charge in [0.05, 0.1) is 5.69 Å². The molecule has 0 aromatic heterocycles. The zero-order chi connectivity index (χ0) is 16.6. The van der Waals surface area contributed by atoms with E-state index >= 15 is 0 Å². The van der Waals surface area contributed by atoms with Crippen LogP contribution in [0.2, 0.25) is 0 Å². The van der Waals surface area contributed by atoms with Crippen LogP contribution in [0.4, 0.5) is 5.69 Å². The average molecular weight is 324 g/mol. The summed E-state index contributed by atoms with van der Waals surface area (Å²) in [5, 5.41) is 6.41. The first-order chi connectivity index (χ1) is 11.8. The number of hydrogen-bond acceptors (Lipinski definition) is 3. The van der Waals surface area contributed by atoms with Gasteiger partial charge < -0.3 is 15.4 Å². The van der Waals surface area contributed by atoms with Gasteiger partial charge in [-0.15, -0.1) is 0 Å². The third-order valence-electron chi connectivity index (χ3n) is 4.25. The molecule has 0 saturated heterocycles. The molecule has 4 heteroatoms. The first kappa shape index (κ1) is 16.4. The van der Waals surface area contributed by atoms with E-state index in [2.05, 4.69) is 10.6 Å². The van der Waals surface area contributed by atoms with Crippen LogP contribution in [-0.2, 0) is 4.79 Å². The number of rotatable bonds is 7. The predicted molar refractivity (Wildman–Crippen MR) is 96.5 cm³/mol. The van der Waals surface area contributed by atoms with Crippen LogP contribution in [0.15, 0.2) is 54.6 Å². The molecular weight excluding hydrogens is 300 g/mol. The van der Waals surface area contributed by atoms with Gasteiger partial charge in [0.2, 0.25) is 5.91 Å². The molecule has 0 bridgehead atoms. The molecule has 0 aliphatic heterocycles. The number of anilines is 1. The fourth-order valence-electron chi connectivity index (χ4n) is 3.00. The van der Waals surface area contributed by atoms with Gasteiger partial charge in [-0.25, -0.2) is 0 Å². The van der Waals surface area contributed by atoms with Gasteiger partial charge in [0.15, 0.2) is 5.75 Å². The van der Waals surface area contributed by atoms with Crippen LogP contribution in [0, 0.1) is 0 Å². The largest absolute Gasteiger partial charge is 0.455 e. The van der Waals surface area contributed by atoms with Crippen LogP contribution < -0.4 is 15.4 Å². The summed E-state index contributed by atoms with van der Waals surface area (Å²) in [6, 6.07) is 17.9. The van der Waals surface area contributed by atoms with Crippen molar-refractivity contribution in [1.29, 1.82) is 0 Å². The molecule has 1 aliphatic carbocycles. The number of nitrogens with one attached hydrogen (secondary N) is 2. The van der Waals surface area contributed by atoms with Gasteiger partial charge in [0.1, 0.15) is 5.75 Å². The predicted octanol–water partition coefficient (Wildman–Crippen LogP) is 4.34. The number of hydrogen-bond donors (Lipinski definition) is 2. The minimum atomic E-state index is 0.121. The fraction of sp³-hybridized carbons (Fsp3) is 0.350. The molecule has 1 aliphatic rings. The summed E-state index contributed by atoms with van der Waals surface area (Å²) in [5.74, 6) is 1.68. The van der Waals surface area contributed by atoms with Crippen molar-refractivity contribution >= 4 is 11.6 Å². The van der Waals surface area contributed by atoms with Crippen LogP contribution >= 0.6 is 0 Å². The van der Waals surface area contributed by atoms with Gasteiger partial charge in [-0.05, 0) is 37.1 Å². The highest BCUT2D eigenvalue weighted by Gasteiger charge is 2.16. The van der Waals surface area contributed by atoms with E-state index in [4.69, 9.17) is 4.74 Å². The molecule has 0 radical (unpaired) electrons. The monoisotopic (exact) mass is 324 g/mol. The third kappa shape index (κ3) is 4.75. The van der Waals surface area contributed by atoms with Crippen molar-refractivity contribution in [3.63, 3.8) is 0 Å². The second kappa shape index (κ2) is 8.39. The van der Waals surface area contributed by atoms with Crippen LogP contribution in [0.3, 0.4) is 0 Å². The summed E-state index contributed by atoms with van der Waals surface area (Å²) in [6.07, 6.45) is 5.16. The first-order valence-electron chi connectivity index (χ1n) is 8.66. The van der Waals surface area contributed by atoms with Crippen LogP contribution in [0.1, 0.15) is 32.1 Å². The molecule has 0 unspecified atom stereocenters. The summed E-state index contributed by atoms with van der Waals surface area (Å²) in [4.78, 5) is 12.0. The topological polar surface area (TPSA) is 50.4 Å². The van der Waals surface area contributed by atoms with Crippen molar-refractivity contribution in [2.75, 3.05) is 11.9 Å². The Hall–Kier alpha value is -2.49. The van der Waals surface area contributed by atoms with Crippen molar-refractivity contribution in [3.8, 4) is 11.5 Å². The molecular formula is C20H24N2O2. The van der Waals surface area contributed by atoms with E-state index in [9.17, 15) is 4.79 Å². The third-order valence-corrected chi connectivity index (χ3v) is 4.25. The van der Waals surface area contributed by atoms with Crippen LogP contribution in [0.5, 0.6) is 11.5 Å². The highest BCUT2D eigenvalue weighted by atomic mass is 16.5. The van der Waals surface area contributed by atoms with Crippen molar-refractivity contribution in [2.45, 2.75) is 38.1 Å². The summed E-state index contributed by atoms with van der Waals surface area (Å²) in [6.45, 7) is 0.591. The highest BCUT2D eigenvalue weighted by Crippen LogP contribution is 2.29. The number of ether oxygens (including phenoxy) is 1. The minimum absolute atomic E-state index is 0.121. The lowest BCUT2D eigenvalue weighted by Gasteiger charge is -2.14. The number of benzene rings is 2. The second-order valence-electron chi connectivity index (χ2n) is 6.14. The lowest BCUT2D eigenvalue weighted by molar-refractivity contribution is -0.121. The quantitative estimate of drug-likeness (QED) is 0.796. The van der Waals surface area contributed by atoms with Gasteiger partial charge in [-0.1, -0.05) is 43.2 Å². The maximum Gasteiger partial charge on any atom is 0.221 e. The van der Waals surface area contributed by atoms with Crippen molar-refractivity contribution < 1.29 is 9.53 Å². The van der Waals surface area contributed by atoms with Crippen LogP contribution in [0.25, 0.3) is 0 Å². The maximum absolute atomic E-state index is 12.0. The summed E-state index contributed by atoms with van der Waals surface area (Å²) in [5.41, 5.74) is 0.898. The SMILES string of the molecule is O=C(CCNc1ccccc1Oc1ccccc1)NC1CCCC1. The molecule has 2 aromatic rings. The molecule has 24 heavy (non-hydrogen) atoms. The van der Waals surface area contributed by atoms with Gasteiger partial charge in [-0.2, -0.15) is 0 Å². The Morgan fingerprint density at radius 1 is 1.00 bits per heavy atom. The van der Waals surface area contributed by atoms with E-state index in [1.807, 2.05) is 54.6 Å². The molecule has 0 heterocycles. The fourth-order valence-corrected chi connectivity index (χ4v) is 3.00. The Morgan fingerprint density at radius 2 is 1.71 bits per heavy atom. The average Bonchev–Trinajstić information content (AvgIpc) is 3.10. The summed E-state index contributed by atoms with van der Waals surface area (Å²) < 4.78 is 5.91. The number of carbonyl (C=O) groups is 1. The lowest BCUT2D eigenvalue weighted by Crippen LogP contribution is -2.33. The molecule has 3 rings (SSSR count). The standard InChI is InChI=1S/C20H24N2O2/c23-20(22-16-8-4-5-9-16)14-15-21-18-12-6-7-13-19(18)24-17-10-2-1-3-11-17/h1-3,6-7,10-13,16,21H,4-5,8-9,14-15H2,(H,22,23). The molecule has 126 valence electrons. The van der Waals surface area contributed by atoms with E-state index < -0.39 is 0 Å². The van der Waals surface area contributed by atoms with Crippen molar-refractivity contribution in [3.05, 3.63) is 54.6 Å². The van der Waals surface area contributed by atoms with E-state index in [0.29, 0.717) is 19.0 Å². The zero-order valence-corrected chi connectivity index (χ0v) is 13.8. The summed E-state index contributed by atoms with van der Waals surface area (Å²) >= 11 is 0. The van der Waals surface area contributed by atoms with Crippen molar-refractivity contribution in [1.82, 2.24) is 5.32 Å². The van der Waals surface area contributed by atoms with Gasteiger partial charge in [-0.3, -0.25) is 4.79 Å². The van der Waals surface area contributed by atoms with Gasteiger partial charge in [0.25, 0.3) is 0 Å². The molecule has 1 amide bonds. The molecule has 2 aromatic carbocycles. The Balaban J connectivity index is 1.50. The molecule has 1 saturated carbocycles.